The van der Waals surface area contributed by atoms with E-state index in [1.54, 1.807) is 6.33 Å². The molecule has 16 heavy (non-hydrogen) atoms. The summed E-state index contributed by atoms with van der Waals surface area (Å²) in [6.45, 7) is 3.88. The van der Waals surface area contributed by atoms with Crippen LogP contribution in [0.5, 0.6) is 0 Å². The van der Waals surface area contributed by atoms with Gasteiger partial charge in [0.25, 0.3) is 5.91 Å². The largest absolute Gasteiger partial charge is 0.350 e. The van der Waals surface area contributed by atoms with Crippen LogP contribution >= 0.6 is 0 Å². The Labute approximate surface area is 94.3 Å². The predicted molar refractivity (Wildman–Crippen MR) is 63.3 cm³/mol. The highest BCUT2D eigenvalue weighted by atomic mass is 16.1. The molecule has 0 saturated carbocycles. The zero-order valence-corrected chi connectivity index (χ0v) is 9.69. The molecule has 4 heteroatoms. The van der Waals surface area contributed by atoms with E-state index in [0.717, 1.165) is 11.0 Å². The van der Waals surface area contributed by atoms with Crippen LogP contribution in [-0.4, -0.2) is 21.5 Å². The number of nitrogens with one attached hydrogen (secondary N) is 1. The lowest BCUT2D eigenvalue weighted by Crippen LogP contribution is -2.29. The summed E-state index contributed by atoms with van der Waals surface area (Å²) in [5.74, 6) is -0.0532. The van der Waals surface area contributed by atoms with Gasteiger partial charge in [0, 0.05) is 18.7 Å². The van der Waals surface area contributed by atoms with Crippen LogP contribution in [0.15, 0.2) is 24.5 Å². The SMILES string of the molecule is CC(C)NC(=O)c1ccc2c(c1)ncn2C. The fourth-order valence-electron chi connectivity index (χ4n) is 1.62. The lowest BCUT2D eigenvalue weighted by molar-refractivity contribution is 0.0943. The molecule has 1 aromatic heterocycles. The number of aromatic nitrogens is 2. The van der Waals surface area contributed by atoms with Gasteiger partial charge in [-0.1, -0.05) is 0 Å². The van der Waals surface area contributed by atoms with E-state index >= 15 is 0 Å². The van der Waals surface area contributed by atoms with Gasteiger partial charge in [0.2, 0.25) is 0 Å². The maximum Gasteiger partial charge on any atom is 0.251 e. The fraction of sp³-hybridized carbons (Fsp3) is 0.333. The molecule has 0 spiro atoms. The summed E-state index contributed by atoms with van der Waals surface area (Å²) in [6, 6.07) is 5.69. The Morgan fingerprint density at radius 2 is 2.19 bits per heavy atom. The van der Waals surface area contributed by atoms with E-state index in [9.17, 15) is 4.79 Å². The molecular weight excluding hydrogens is 202 g/mol. The number of rotatable bonds is 2. The van der Waals surface area contributed by atoms with Gasteiger partial charge >= 0.3 is 0 Å². The number of imidazole rings is 1. The summed E-state index contributed by atoms with van der Waals surface area (Å²) in [5, 5.41) is 2.86. The van der Waals surface area contributed by atoms with Crippen LogP contribution in [0, 0.1) is 0 Å². The number of aryl methyl sites for hydroxylation is 1. The Balaban J connectivity index is 2.36. The average molecular weight is 217 g/mol. The molecule has 0 saturated heterocycles. The average Bonchev–Trinajstić information content (AvgIpc) is 2.59. The lowest BCUT2D eigenvalue weighted by atomic mass is 10.2. The van der Waals surface area contributed by atoms with Crippen molar-refractivity contribution in [3.63, 3.8) is 0 Å². The van der Waals surface area contributed by atoms with Crippen molar-refractivity contribution in [1.29, 1.82) is 0 Å². The van der Waals surface area contributed by atoms with E-state index in [4.69, 9.17) is 0 Å². The van der Waals surface area contributed by atoms with Crippen molar-refractivity contribution in [3.05, 3.63) is 30.1 Å². The number of hydrogen-bond acceptors (Lipinski definition) is 2. The minimum absolute atomic E-state index is 0.0532. The number of hydrogen-bond donors (Lipinski definition) is 1. The van der Waals surface area contributed by atoms with Crippen molar-refractivity contribution in [2.24, 2.45) is 7.05 Å². The summed E-state index contributed by atoms with van der Waals surface area (Å²) < 4.78 is 1.93. The first-order valence-electron chi connectivity index (χ1n) is 5.30. The first kappa shape index (κ1) is 10.7. The maximum atomic E-state index is 11.8. The van der Waals surface area contributed by atoms with E-state index in [-0.39, 0.29) is 11.9 Å². The van der Waals surface area contributed by atoms with Crippen LogP contribution in [0.3, 0.4) is 0 Å². The van der Waals surface area contributed by atoms with Crippen LogP contribution in [0.1, 0.15) is 24.2 Å². The van der Waals surface area contributed by atoms with Crippen LogP contribution in [0.2, 0.25) is 0 Å². The molecule has 1 aromatic carbocycles. The van der Waals surface area contributed by atoms with Crippen LogP contribution in [0.4, 0.5) is 0 Å². The van der Waals surface area contributed by atoms with Gasteiger partial charge in [-0.25, -0.2) is 4.98 Å². The number of fused-ring (bicyclic) bond motifs is 1. The maximum absolute atomic E-state index is 11.8. The zero-order valence-electron chi connectivity index (χ0n) is 9.69. The molecule has 84 valence electrons. The Bertz CT molecular complexity index is 528. The van der Waals surface area contributed by atoms with Gasteiger partial charge in [-0.2, -0.15) is 0 Å². The molecule has 1 heterocycles. The van der Waals surface area contributed by atoms with Crippen molar-refractivity contribution in [3.8, 4) is 0 Å². The van der Waals surface area contributed by atoms with Gasteiger partial charge in [0.15, 0.2) is 0 Å². The fourth-order valence-corrected chi connectivity index (χ4v) is 1.62. The van der Waals surface area contributed by atoms with E-state index in [1.807, 2.05) is 43.7 Å². The third kappa shape index (κ3) is 1.91. The van der Waals surface area contributed by atoms with Gasteiger partial charge < -0.3 is 9.88 Å². The summed E-state index contributed by atoms with van der Waals surface area (Å²) in [7, 11) is 1.93. The van der Waals surface area contributed by atoms with Crippen molar-refractivity contribution < 1.29 is 4.79 Å². The molecule has 1 amide bonds. The third-order valence-electron chi connectivity index (χ3n) is 2.41. The minimum Gasteiger partial charge on any atom is -0.350 e. The van der Waals surface area contributed by atoms with Gasteiger partial charge in [0.05, 0.1) is 17.4 Å². The second-order valence-electron chi connectivity index (χ2n) is 4.19. The van der Waals surface area contributed by atoms with Crippen molar-refractivity contribution in [2.45, 2.75) is 19.9 Å². The molecule has 2 aromatic rings. The quantitative estimate of drug-likeness (QED) is 0.832. The molecule has 0 aliphatic carbocycles. The monoisotopic (exact) mass is 217 g/mol. The molecule has 2 rings (SSSR count). The minimum atomic E-state index is -0.0532. The summed E-state index contributed by atoms with van der Waals surface area (Å²) in [5.41, 5.74) is 2.53. The Morgan fingerprint density at radius 3 is 2.88 bits per heavy atom. The molecule has 0 unspecified atom stereocenters. The summed E-state index contributed by atoms with van der Waals surface area (Å²) >= 11 is 0. The van der Waals surface area contributed by atoms with Gasteiger partial charge in [0.1, 0.15) is 0 Å². The summed E-state index contributed by atoms with van der Waals surface area (Å²) in [4.78, 5) is 16.0. The number of benzene rings is 1. The second kappa shape index (κ2) is 3.96. The molecule has 1 N–H and O–H groups in total. The highest BCUT2D eigenvalue weighted by Crippen LogP contribution is 2.13. The highest BCUT2D eigenvalue weighted by molar-refractivity contribution is 5.97. The second-order valence-corrected chi connectivity index (χ2v) is 4.19. The standard InChI is InChI=1S/C12H15N3O/c1-8(2)14-12(16)9-4-5-11-10(6-9)13-7-15(11)3/h4-8H,1-3H3,(H,14,16). The number of nitrogens with zero attached hydrogens (tertiary/aromatic N) is 2. The summed E-state index contributed by atoms with van der Waals surface area (Å²) in [6.07, 6.45) is 1.74. The lowest BCUT2D eigenvalue weighted by Gasteiger charge is -2.08. The third-order valence-corrected chi connectivity index (χ3v) is 2.41. The van der Waals surface area contributed by atoms with Gasteiger partial charge in [-0.05, 0) is 32.0 Å². The van der Waals surface area contributed by atoms with Crippen molar-refractivity contribution in [2.75, 3.05) is 0 Å². The Morgan fingerprint density at radius 1 is 1.44 bits per heavy atom. The smallest absolute Gasteiger partial charge is 0.251 e. The highest BCUT2D eigenvalue weighted by Gasteiger charge is 2.08. The number of amides is 1. The first-order valence-corrected chi connectivity index (χ1v) is 5.30. The predicted octanol–water partition coefficient (Wildman–Crippen LogP) is 1.71. The topological polar surface area (TPSA) is 46.9 Å². The molecule has 0 radical (unpaired) electrons. The molecule has 0 aliphatic rings. The molecular formula is C12H15N3O. The Kier molecular flexibility index (Phi) is 2.64. The zero-order chi connectivity index (χ0) is 11.7. The van der Waals surface area contributed by atoms with Crippen molar-refractivity contribution in [1.82, 2.24) is 14.9 Å². The molecule has 0 fully saturated rings. The van der Waals surface area contributed by atoms with Crippen LogP contribution < -0.4 is 5.32 Å². The van der Waals surface area contributed by atoms with Gasteiger partial charge in [-0.3, -0.25) is 4.79 Å². The van der Waals surface area contributed by atoms with E-state index in [0.29, 0.717) is 5.56 Å². The molecule has 0 aliphatic heterocycles. The molecule has 0 bridgehead atoms. The normalized spacial score (nSPS) is 11.0. The van der Waals surface area contributed by atoms with Crippen LogP contribution in [0.25, 0.3) is 11.0 Å². The molecule has 0 atom stereocenters. The van der Waals surface area contributed by atoms with Crippen molar-refractivity contribution >= 4 is 16.9 Å². The number of carbonyl (C=O) groups is 1. The van der Waals surface area contributed by atoms with E-state index in [1.165, 1.54) is 0 Å². The van der Waals surface area contributed by atoms with Gasteiger partial charge in [-0.15, -0.1) is 0 Å². The van der Waals surface area contributed by atoms with Crippen LogP contribution in [-0.2, 0) is 7.05 Å². The number of carbonyl (C=O) groups excluding carboxylic acids is 1. The Hall–Kier alpha value is -1.84. The molecule has 4 nitrogen and oxygen atoms in total. The van der Waals surface area contributed by atoms with E-state index in [2.05, 4.69) is 10.3 Å². The first-order chi connectivity index (χ1) is 7.58. The van der Waals surface area contributed by atoms with E-state index < -0.39 is 0 Å².